The van der Waals surface area contributed by atoms with Crippen LogP contribution >= 0.6 is 0 Å². The number of aromatic nitrogens is 3. The summed E-state index contributed by atoms with van der Waals surface area (Å²) in [6.07, 6.45) is 1.63. The second kappa shape index (κ2) is 8.24. The van der Waals surface area contributed by atoms with Crippen molar-refractivity contribution in [3.63, 3.8) is 0 Å². The normalized spacial score (nSPS) is 10.5. The van der Waals surface area contributed by atoms with E-state index in [1.165, 1.54) is 17.0 Å². The van der Waals surface area contributed by atoms with Crippen LogP contribution in [-0.2, 0) is 6.54 Å². The second-order valence-electron chi connectivity index (χ2n) is 5.82. The van der Waals surface area contributed by atoms with Gasteiger partial charge in [0.25, 0.3) is 5.91 Å². The van der Waals surface area contributed by atoms with Crippen LogP contribution in [0.25, 0.3) is 0 Å². The monoisotopic (exact) mass is 354 g/mol. The lowest BCUT2D eigenvalue weighted by Crippen LogP contribution is -2.31. The van der Waals surface area contributed by atoms with Crippen molar-refractivity contribution in [3.8, 4) is 5.75 Å². The number of halogens is 1. The number of carbonyl (C=O) groups excluding carboxylic acids is 1. The van der Waals surface area contributed by atoms with Gasteiger partial charge in [-0.25, -0.2) is 9.07 Å². The highest BCUT2D eigenvalue weighted by Crippen LogP contribution is 2.11. The van der Waals surface area contributed by atoms with E-state index in [9.17, 15) is 9.18 Å². The highest BCUT2D eigenvalue weighted by molar-refractivity contribution is 5.91. The summed E-state index contributed by atoms with van der Waals surface area (Å²) >= 11 is 0. The van der Waals surface area contributed by atoms with Gasteiger partial charge in [-0.05, 0) is 29.8 Å². The molecule has 0 aliphatic carbocycles. The van der Waals surface area contributed by atoms with E-state index in [1.807, 2.05) is 30.3 Å². The van der Waals surface area contributed by atoms with Gasteiger partial charge in [0.05, 0.1) is 19.3 Å². The number of ether oxygens (including phenoxy) is 1. The third-order valence-electron chi connectivity index (χ3n) is 3.80. The third kappa shape index (κ3) is 4.66. The summed E-state index contributed by atoms with van der Waals surface area (Å²) in [6.45, 7) is 1.23. The molecule has 1 heterocycles. The first kappa shape index (κ1) is 17.6. The molecule has 3 aromatic rings. The minimum absolute atomic E-state index is 0.230. The molecule has 3 rings (SSSR count). The predicted molar refractivity (Wildman–Crippen MR) is 94.4 cm³/mol. The van der Waals surface area contributed by atoms with Crippen molar-refractivity contribution in [3.05, 3.63) is 77.9 Å². The Labute approximate surface area is 150 Å². The topological polar surface area (TPSA) is 60.2 Å². The van der Waals surface area contributed by atoms with Crippen LogP contribution in [0.1, 0.15) is 16.1 Å². The van der Waals surface area contributed by atoms with Gasteiger partial charge in [-0.2, -0.15) is 0 Å². The van der Waals surface area contributed by atoms with E-state index in [2.05, 4.69) is 10.3 Å². The van der Waals surface area contributed by atoms with Gasteiger partial charge < -0.3 is 9.64 Å². The van der Waals surface area contributed by atoms with Gasteiger partial charge in [-0.15, -0.1) is 5.10 Å². The number of nitrogens with zero attached hydrogens (tertiary/aromatic N) is 4. The number of amides is 1. The highest BCUT2D eigenvalue weighted by atomic mass is 19.1. The maximum atomic E-state index is 12.8. The van der Waals surface area contributed by atoms with Gasteiger partial charge in [0.2, 0.25) is 0 Å². The van der Waals surface area contributed by atoms with E-state index in [-0.39, 0.29) is 17.4 Å². The fraction of sp³-hybridized carbons (Fsp3) is 0.211. The molecule has 0 bridgehead atoms. The summed E-state index contributed by atoms with van der Waals surface area (Å²) in [4.78, 5) is 13.9. The minimum atomic E-state index is -0.316. The molecule has 2 aromatic carbocycles. The molecule has 0 fully saturated rings. The van der Waals surface area contributed by atoms with Gasteiger partial charge in [0.1, 0.15) is 18.2 Å². The number of likely N-dealkylation sites (N-methyl/N-ethyl adjacent to an activating group) is 1. The Bertz CT molecular complexity index is 849. The van der Waals surface area contributed by atoms with Gasteiger partial charge in [-0.1, -0.05) is 35.5 Å². The van der Waals surface area contributed by atoms with Gasteiger partial charge in [0, 0.05) is 7.05 Å². The lowest BCUT2D eigenvalue weighted by atomic mass is 10.2. The van der Waals surface area contributed by atoms with E-state index >= 15 is 0 Å². The Morgan fingerprint density at radius 1 is 1.15 bits per heavy atom. The summed E-state index contributed by atoms with van der Waals surface area (Å²) in [5.74, 6) is 0.0105. The molecule has 0 saturated heterocycles. The molecule has 0 unspecified atom stereocenters. The van der Waals surface area contributed by atoms with Crippen molar-refractivity contribution >= 4 is 5.91 Å². The van der Waals surface area contributed by atoms with Crippen LogP contribution in [0.15, 0.2) is 60.8 Å². The Balaban J connectivity index is 1.51. The summed E-state index contributed by atoms with van der Waals surface area (Å²) in [5, 5.41) is 7.95. The number of hydrogen-bond donors (Lipinski definition) is 0. The molecule has 1 amide bonds. The largest absolute Gasteiger partial charge is 0.492 e. The first-order chi connectivity index (χ1) is 12.6. The molecule has 6 nitrogen and oxygen atoms in total. The van der Waals surface area contributed by atoms with E-state index in [0.29, 0.717) is 25.4 Å². The van der Waals surface area contributed by atoms with Crippen molar-refractivity contribution in [2.75, 3.05) is 20.2 Å². The Kier molecular flexibility index (Phi) is 5.58. The molecule has 0 radical (unpaired) electrons. The van der Waals surface area contributed by atoms with Crippen LogP contribution < -0.4 is 4.74 Å². The molecule has 0 atom stereocenters. The fourth-order valence-electron chi connectivity index (χ4n) is 2.37. The fourth-order valence-corrected chi connectivity index (χ4v) is 2.37. The van der Waals surface area contributed by atoms with Crippen LogP contribution in [0.2, 0.25) is 0 Å². The van der Waals surface area contributed by atoms with E-state index in [1.54, 1.807) is 30.1 Å². The molecule has 0 aliphatic heterocycles. The zero-order valence-electron chi connectivity index (χ0n) is 14.4. The Morgan fingerprint density at radius 2 is 1.88 bits per heavy atom. The van der Waals surface area contributed by atoms with Gasteiger partial charge in [0.15, 0.2) is 5.69 Å². The van der Waals surface area contributed by atoms with Crippen LogP contribution in [0.4, 0.5) is 4.39 Å². The lowest BCUT2D eigenvalue weighted by molar-refractivity contribution is 0.0768. The molecule has 26 heavy (non-hydrogen) atoms. The average Bonchev–Trinajstić information content (AvgIpc) is 3.12. The first-order valence-electron chi connectivity index (χ1n) is 8.20. The molecule has 0 aliphatic rings. The van der Waals surface area contributed by atoms with Crippen LogP contribution in [-0.4, -0.2) is 46.0 Å². The lowest BCUT2D eigenvalue weighted by Gasteiger charge is -2.16. The van der Waals surface area contributed by atoms with E-state index in [4.69, 9.17) is 4.74 Å². The number of hydrogen-bond acceptors (Lipinski definition) is 4. The SMILES string of the molecule is CN(CCOc1ccc(F)cc1)C(=O)c1cn(Cc2ccccc2)nn1. The van der Waals surface area contributed by atoms with Gasteiger partial charge in [-0.3, -0.25) is 4.79 Å². The zero-order chi connectivity index (χ0) is 18.4. The van der Waals surface area contributed by atoms with Crippen molar-refractivity contribution in [2.45, 2.75) is 6.54 Å². The molecule has 0 saturated carbocycles. The first-order valence-corrected chi connectivity index (χ1v) is 8.20. The maximum absolute atomic E-state index is 12.8. The zero-order valence-corrected chi connectivity index (χ0v) is 14.4. The standard InChI is InChI=1S/C19H19FN4O2/c1-23(11-12-26-17-9-7-16(20)8-10-17)19(25)18-14-24(22-21-18)13-15-5-3-2-4-6-15/h2-10,14H,11-13H2,1H3. The molecule has 134 valence electrons. The van der Waals surface area contributed by atoms with Crippen molar-refractivity contribution in [1.29, 1.82) is 0 Å². The summed E-state index contributed by atoms with van der Waals surface area (Å²) in [5.41, 5.74) is 1.36. The number of rotatable bonds is 7. The Hall–Kier alpha value is -3.22. The molecule has 7 heteroatoms. The summed E-state index contributed by atoms with van der Waals surface area (Å²) < 4.78 is 20.0. The van der Waals surface area contributed by atoms with Crippen molar-refractivity contribution in [2.24, 2.45) is 0 Å². The summed E-state index contributed by atoms with van der Waals surface area (Å²) in [7, 11) is 1.67. The van der Waals surface area contributed by atoms with Crippen LogP contribution in [0.5, 0.6) is 5.75 Å². The third-order valence-corrected chi connectivity index (χ3v) is 3.80. The Morgan fingerprint density at radius 3 is 2.62 bits per heavy atom. The van der Waals surface area contributed by atoms with E-state index < -0.39 is 0 Å². The molecule has 1 aromatic heterocycles. The number of carbonyl (C=O) groups is 1. The quantitative estimate of drug-likeness (QED) is 0.654. The van der Waals surface area contributed by atoms with Gasteiger partial charge >= 0.3 is 0 Å². The average molecular weight is 354 g/mol. The molecule has 0 N–H and O–H groups in total. The molecule has 0 spiro atoms. The smallest absolute Gasteiger partial charge is 0.275 e. The van der Waals surface area contributed by atoms with E-state index in [0.717, 1.165) is 5.56 Å². The van der Waals surface area contributed by atoms with Crippen molar-refractivity contribution < 1.29 is 13.9 Å². The number of benzene rings is 2. The molecular weight excluding hydrogens is 335 g/mol. The predicted octanol–water partition coefficient (Wildman–Crippen LogP) is 2.62. The van der Waals surface area contributed by atoms with Crippen molar-refractivity contribution in [1.82, 2.24) is 19.9 Å². The molecular formula is C19H19FN4O2. The summed E-state index contributed by atoms with van der Waals surface area (Å²) in [6, 6.07) is 15.6. The minimum Gasteiger partial charge on any atom is -0.492 e. The van der Waals surface area contributed by atoms with Crippen LogP contribution in [0.3, 0.4) is 0 Å². The van der Waals surface area contributed by atoms with Crippen LogP contribution in [0, 0.1) is 5.82 Å². The maximum Gasteiger partial charge on any atom is 0.275 e. The second-order valence-corrected chi connectivity index (χ2v) is 5.82. The highest BCUT2D eigenvalue weighted by Gasteiger charge is 2.15.